The van der Waals surface area contributed by atoms with Gasteiger partial charge in [-0.2, -0.15) is 0 Å². The predicted molar refractivity (Wildman–Crippen MR) is 54.1 cm³/mol. The third-order valence-corrected chi connectivity index (χ3v) is 2.53. The van der Waals surface area contributed by atoms with Gasteiger partial charge in [0.2, 0.25) is 11.8 Å². The largest absolute Gasteiger partial charge is 0.364 e. The highest BCUT2D eigenvalue weighted by molar-refractivity contribution is 5.94. The number of hydrogen-bond donors (Lipinski definition) is 1. The Morgan fingerprint density at radius 3 is 3.06 bits per heavy atom. The Balaban J connectivity index is 2.08. The summed E-state index contributed by atoms with van der Waals surface area (Å²) in [5.41, 5.74) is 0.651. The van der Waals surface area contributed by atoms with E-state index in [-0.39, 0.29) is 18.4 Å². The first kappa shape index (κ1) is 10.7. The quantitative estimate of drug-likeness (QED) is 0.777. The molecule has 2 heterocycles. The number of amides is 2. The summed E-state index contributed by atoms with van der Waals surface area (Å²) in [7, 11) is 0. The molecule has 1 N–H and O–H groups in total. The first-order chi connectivity index (χ1) is 7.70. The van der Waals surface area contributed by atoms with Gasteiger partial charge in [-0.1, -0.05) is 12.1 Å². The maximum atomic E-state index is 11.9. The van der Waals surface area contributed by atoms with E-state index >= 15 is 0 Å². The topological polar surface area (TPSA) is 75.4 Å². The molecule has 0 saturated carbocycles. The molecule has 1 saturated heterocycles. The minimum absolute atomic E-state index is 0.0647. The van der Waals surface area contributed by atoms with Crippen molar-refractivity contribution in [2.45, 2.75) is 25.9 Å². The lowest BCUT2D eigenvalue weighted by molar-refractivity contribution is -0.145. The molecular weight excluding hydrogens is 210 g/mol. The van der Waals surface area contributed by atoms with Crippen LogP contribution in [0, 0.1) is 0 Å². The Hall–Kier alpha value is -1.85. The van der Waals surface area contributed by atoms with Crippen molar-refractivity contribution < 1.29 is 14.1 Å². The summed E-state index contributed by atoms with van der Waals surface area (Å²) in [5.74, 6) is -0.194. The van der Waals surface area contributed by atoms with Crippen molar-refractivity contribution in [2.75, 3.05) is 6.54 Å². The zero-order valence-corrected chi connectivity index (χ0v) is 8.97. The normalized spacial score (nSPS) is 21.1. The molecule has 6 heteroatoms. The molecule has 2 rings (SSSR count). The summed E-state index contributed by atoms with van der Waals surface area (Å²) < 4.78 is 4.68. The van der Waals surface area contributed by atoms with E-state index in [1.54, 1.807) is 6.07 Å². The van der Waals surface area contributed by atoms with Crippen LogP contribution in [0.4, 0.5) is 0 Å². The molecule has 1 aromatic rings. The second-order valence-corrected chi connectivity index (χ2v) is 3.71. The fourth-order valence-corrected chi connectivity index (χ4v) is 1.70. The summed E-state index contributed by atoms with van der Waals surface area (Å²) in [6.07, 6.45) is 2.04. The highest BCUT2D eigenvalue weighted by Crippen LogP contribution is 2.09. The van der Waals surface area contributed by atoms with Crippen molar-refractivity contribution >= 4 is 11.8 Å². The van der Waals surface area contributed by atoms with Crippen LogP contribution < -0.4 is 5.32 Å². The molecule has 1 atom stereocenters. The molecular formula is C10H13N3O3. The molecule has 0 bridgehead atoms. The first-order valence-corrected chi connectivity index (χ1v) is 5.18. The van der Waals surface area contributed by atoms with Gasteiger partial charge in [0.05, 0.1) is 6.54 Å². The van der Waals surface area contributed by atoms with Gasteiger partial charge in [0, 0.05) is 6.07 Å². The number of rotatable bonds is 3. The number of piperazine rings is 1. The van der Waals surface area contributed by atoms with Crippen LogP contribution in [0.5, 0.6) is 0 Å². The van der Waals surface area contributed by atoms with Crippen LogP contribution in [0.15, 0.2) is 16.9 Å². The molecule has 1 aromatic heterocycles. The van der Waals surface area contributed by atoms with Crippen molar-refractivity contribution in [3.8, 4) is 0 Å². The van der Waals surface area contributed by atoms with Gasteiger partial charge in [0.15, 0.2) is 0 Å². The maximum Gasteiger partial charge on any atom is 0.245 e. The van der Waals surface area contributed by atoms with Crippen LogP contribution in [0.1, 0.15) is 19.0 Å². The molecule has 0 spiro atoms. The van der Waals surface area contributed by atoms with Crippen LogP contribution in [-0.4, -0.2) is 34.5 Å². The molecule has 0 radical (unpaired) electrons. The Morgan fingerprint density at radius 1 is 1.62 bits per heavy atom. The molecule has 16 heavy (non-hydrogen) atoms. The van der Waals surface area contributed by atoms with E-state index in [4.69, 9.17) is 0 Å². The number of hydrogen-bond acceptors (Lipinski definition) is 4. The van der Waals surface area contributed by atoms with Crippen molar-refractivity contribution in [3.63, 3.8) is 0 Å². The molecule has 1 fully saturated rings. The summed E-state index contributed by atoms with van der Waals surface area (Å²) in [6.45, 7) is 2.27. The van der Waals surface area contributed by atoms with E-state index in [1.807, 2.05) is 6.92 Å². The van der Waals surface area contributed by atoms with Crippen LogP contribution >= 0.6 is 0 Å². The Labute approximate surface area is 92.6 Å². The van der Waals surface area contributed by atoms with Gasteiger partial charge in [-0.05, 0) is 6.42 Å². The lowest BCUT2D eigenvalue weighted by Gasteiger charge is -2.31. The van der Waals surface area contributed by atoms with Crippen LogP contribution in [0.3, 0.4) is 0 Å². The third kappa shape index (κ3) is 2.05. The van der Waals surface area contributed by atoms with E-state index in [1.165, 1.54) is 11.2 Å². The Bertz CT molecular complexity index is 388. The van der Waals surface area contributed by atoms with Crippen molar-refractivity contribution in [2.24, 2.45) is 0 Å². The van der Waals surface area contributed by atoms with E-state index in [2.05, 4.69) is 15.0 Å². The van der Waals surface area contributed by atoms with E-state index in [0.29, 0.717) is 18.7 Å². The SMILES string of the molecule is CCC1NC(=O)CN(Cc2ccon2)C1=O. The van der Waals surface area contributed by atoms with Crippen LogP contribution in [0.2, 0.25) is 0 Å². The number of nitrogens with zero attached hydrogens (tertiary/aromatic N) is 2. The summed E-state index contributed by atoms with van der Waals surface area (Å²) in [6, 6.07) is 1.27. The molecule has 86 valence electrons. The fraction of sp³-hybridized carbons (Fsp3) is 0.500. The van der Waals surface area contributed by atoms with Crippen molar-refractivity contribution in [3.05, 3.63) is 18.0 Å². The number of carbonyl (C=O) groups excluding carboxylic acids is 2. The average molecular weight is 223 g/mol. The molecule has 0 aliphatic carbocycles. The Kier molecular flexibility index (Phi) is 2.89. The maximum absolute atomic E-state index is 11.9. The molecule has 1 unspecified atom stereocenters. The number of nitrogens with one attached hydrogen (secondary N) is 1. The molecule has 1 aliphatic heterocycles. The predicted octanol–water partition coefficient (Wildman–Crippen LogP) is -0.0884. The van der Waals surface area contributed by atoms with Gasteiger partial charge in [-0.3, -0.25) is 9.59 Å². The minimum atomic E-state index is -0.409. The monoisotopic (exact) mass is 223 g/mol. The summed E-state index contributed by atoms with van der Waals surface area (Å²) in [4.78, 5) is 24.7. The van der Waals surface area contributed by atoms with E-state index in [0.717, 1.165) is 0 Å². The highest BCUT2D eigenvalue weighted by Gasteiger charge is 2.31. The fourth-order valence-electron chi connectivity index (χ4n) is 1.70. The van der Waals surface area contributed by atoms with E-state index < -0.39 is 6.04 Å². The second-order valence-electron chi connectivity index (χ2n) is 3.71. The van der Waals surface area contributed by atoms with Gasteiger partial charge in [0.1, 0.15) is 24.5 Å². The zero-order valence-electron chi connectivity index (χ0n) is 8.97. The third-order valence-electron chi connectivity index (χ3n) is 2.53. The van der Waals surface area contributed by atoms with Crippen LogP contribution in [-0.2, 0) is 16.1 Å². The van der Waals surface area contributed by atoms with Gasteiger partial charge in [-0.25, -0.2) is 0 Å². The smallest absolute Gasteiger partial charge is 0.245 e. The van der Waals surface area contributed by atoms with E-state index in [9.17, 15) is 9.59 Å². The van der Waals surface area contributed by atoms with Gasteiger partial charge in [0.25, 0.3) is 0 Å². The summed E-state index contributed by atoms with van der Waals surface area (Å²) >= 11 is 0. The van der Waals surface area contributed by atoms with Gasteiger partial charge < -0.3 is 14.7 Å². The first-order valence-electron chi connectivity index (χ1n) is 5.18. The average Bonchev–Trinajstić information content (AvgIpc) is 2.75. The van der Waals surface area contributed by atoms with Gasteiger partial charge in [-0.15, -0.1) is 0 Å². The second kappa shape index (κ2) is 4.34. The molecule has 0 aromatic carbocycles. The van der Waals surface area contributed by atoms with Crippen LogP contribution in [0.25, 0.3) is 0 Å². The standard InChI is InChI=1S/C10H13N3O3/c1-2-8-10(15)13(6-9(14)11-8)5-7-3-4-16-12-7/h3-4,8H,2,5-6H2,1H3,(H,11,14). The van der Waals surface area contributed by atoms with Crippen molar-refractivity contribution in [1.82, 2.24) is 15.4 Å². The minimum Gasteiger partial charge on any atom is -0.364 e. The highest BCUT2D eigenvalue weighted by atomic mass is 16.5. The molecule has 1 aliphatic rings. The molecule has 6 nitrogen and oxygen atoms in total. The number of carbonyl (C=O) groups is 2. The van der Waals surface area contributed by atoms with Gasteiger partial charge >= 0.3 is 0 Å². The van der Waals surface area contributed by atoms with Crippen molar-refractivity contribution in [1.29, 1.82) is 0 Å². The Morgan fingerprint density at radius 2 is 2.44 bits per heavy atom. The zero-order chi connectivity index (χ0) is 11.5. The lowest BCUT2D eigenvalue weighted by Crippen LogP contribution is -2.57. The summed E-state index contributed by atoms with van der Waals surface area (Å²) in [5, 5.41) is 6.37. The number of aromatic nitrogens is 1. The lowest BCUT2D eigenvalue weighted by atomic mass is 10.1. The molecule has 2 amide bonds.